The van der Waals surface area contributed by atoms with Crippen molar-refractivity contribution in [3.63, 3.8) is 0 Å². The molecule has 1 saturated heterocycles. The maximum atomic E-state index is 11.6. The number of hydrogen-bond acceptors (Lipinski definition) is 4. The molecule has 6 nitrogen and oxygen atoms in total. The Labute approximate surface area is 85.8 Å². The van der Waals surface area contributed by atoms with Gasteiger partial charge in [-0.2, -0.15) is 0 Å². The number of carbonyl (C=O) groups excluding carboxylic acids is 1. The second-order valence-electron chi connectivity index (χ2n) is 2.79. The minimum atomic E-state index is -1.07. The predicted octanol–water partition coefficient (Wildman–Crippen LogP) is 0.0591. The van der Waals surface area contributed by atoms with E-state index < -0.39 is 12.1 Å². The summed E-state index contributed by atoms with van der Waals surface area (Å²) in [6.07, 6.45) is -1.07. The van der Waals surface area contributed by atoms with Crippen molar-refractivity contribution in [3.05, 3.63) is 0 Å². The van der Waals surface area contributed by atoms with Crippen molar-refractivity contribution in [2.45, 2.75) is 6.04 Å². The van der Waals surface area contributed by atoms with Gasteiger partial charge in [-0.05, 0) is 0 Å². The summed E-state index contributed by atoms with van der Waals surface area (Å²) in [5.41, 5.74) is 0. The fourth-order valence-corrected chi connectivity index (χ4v) is 2.27. The first-order valence-electron chi connectivity index (χ1n) is 3.97. The first-order valence-corrected chi connectivity index (χ1v) is 5.12. The molecule has 0 aromatic rings. The van der Waals surface area contributed by atoms with Gasteiger partial charge in [-0.25, -0.2) is 9.86 Å². The quantitative estimate of drug-likeness (QED) is 0.666. The van der Waals surface area contributed by atoms with Crippen LogP contribution in [0.15, 0.2) is 0 Å². The third kappa shape index (κ3) is 2.10. The van der Waals surface area contributed by atoms with Gasteiger partial charge in [0.25, 0.3) is 5.91 Å². The van der Waals surface area contributed by atoms with Crippen LogP contribution < -0.4 is 0 Å². The molecule has 2 amide bonds. The van der Waals surface area contributed by atoms with Crippen LogP contribution in [0.2, 0.25) is 0 Å². The minimum Gasteiger partial charge on any atom is -0.465 e. The van der Waals surface area contributed by atoms with E-state index in [-0.39, 0.29) is 5.91 Å². The molecule has 14 heavy (non-hydrogen) atoms. The van der Waals surface area contributed by atoms with Crippen LogP contribution in [0, 0.1) is 0 Å². The van der Waals surface area contributed by atoms with Crippen molar-refractivity contribution >= 4 is 23.8 Å². The monoisotopic (exact) mass is 220 g/mol. The van der Waals surface area contributed by atoms with Crippen LogP contribution in [0.4, 0.5) is 4.79 Å². The molecular formula is C7H12N2O4S. The topological polar surface area (TPSA) is 70.1 Å². The van der Waals surface area contributed by atoms with E-state index >= 15 is 0 Å². The second-order valence-corrected chi connectivity index (χ2v) is 3.79. The van der Waals surface area contributed by atoms with Gasteiger partial charge in [-0.1, -0.05) is 0 Å². The highest BCUT2D eigenvalue weighted by molar-refractivity contribution is 7.99. The minimum absolute atomic E-state index is 0.333. The van der Waals surface area contributed by atoms with E-state index in [1.165, 1.54) is 25.9 Å². The SMILES string of the molecule is CON(C)C(=O)C1CSCN1C(=O)O. The summed E-state index contributed by atoms with van der Waals surface area (Å²) < 4.78 is 0. The van der Waals surface area contributed by atoms with Crippen molar-refractivity contribution in [1.82, 2.24) is 9.96 Å². The maximum Gasteiger partial charge on any atom is 0.408 e. The van der Waals surface area contributed by atoms with Crippen molar-refractivity contribution in [2.24, 2.45) is 0 Å². The zero-order valence-corrected chi connectivity index (χ0v) is 8.78. The molecule has 0 aromatic carbocycles. The number of rotatable bonds is 2. The lowest BCUT2D eigenvalue weighted by atomic mass is 10.3. The number of carbonyl (C=O) groups is 2. The Morgan fingerprint density at radius 3 is 2.79 bits per heavy atom. The predicted molar refractivity (Wildman–Crippen MR) is 50.8 cm³/mol. The molecule has 1 aliphatic rings. The van der Waals surface area contributed by atoms with Crippen LogP contribution in [-0.4, -0.2) is 58.9 Å². The van der Waals surface area contributed by atoms with Gasteiger partial charge in [0, 0.05) is 12.8 Å². The lowest BCUT2D eigenvalue weighted by Crippen LogP contribution is -2.47. The Kier molecular flexibility index (Phi) is 3.59. The number of carboxylic acid groups (broad SMARTS) is 1. The van der Waals surface area contributed by atoms with E-state index in [2.05, 4.69) is 0 Å². The van der Waals surface area contributed by atoms with Gasteiger partial charge in [-0.3, -0.25) is 14.5 Å². The van der Waals surface area contributed by atoms with Crippen molar-refractivity contribution in [3.8, 4) is 0 Å². The van der Waals surface area contributed by atoms with E-state index in [9.17, 15) is 9.59 Å². The lowest BCUT2D eigenvalue weighted by Gasteiger charge is -2.23. The summed E-state index contributed by atoms with van der Waals surface area (Å²) in [6, 6.07) is -0.623. The van der Waals surface area contributed by atoms with Gasteiger partial charge < -0.3 is 5.11 Å². The smallest absolute Gasteiger partial charge is 0.408 e. The van der Waals surface area contributed by atoms with Gasteiger partial charge in [0.1, 0.15) is 6.04 Å². The van der Waals surface area contributed by atoms with Crippen LogP contribution in [0.5, 0.6) is 0 Å². The molecule has 1 rings (SSSR count). The molecule has 0 aromatic heterocycles. The molecule has 1 unspecified atom stereocenters. The van der Waals surface area contributed by atoms with E-state index in [0.29, 0.717) is 11.6 Å². The number of nitrogens with zero attached hydrogens (tertiary/aromatic N) is 2. The number of amides is 2. The zero-order chi connectivity index (χ0) is 10.7. The number of hydrogen-bond donors (Lipinski definition) is 1. The third-order valence-electron chi connectivity index (χ3n) is 2.00. The average molecular weight is 220 g/mol. The maximum absolute atomic E-state index is 11.6. The molecule has 7 heteroatoms. The van der Waals surface area contributed by atoms with Crippen molar-refractivity contribution in [2.75, 3.05) is 25.8 Å². The van der Waals surface area contributed by atoms with E-state index in [4.69, 9.17) is 9.94 Å². The third-order valence-corrected chi connectivity index (χ3v) is 3.01. The molecular weight excluding hydrogens is 208 g/mol. The molecule has 80 valence electrons. The number of likely N-dealkylation sites (N-methyl/N-ethyl adjacent to an activating group) is 1. The molecule has 1 N–H and O–H groups in total. The fourth-order valence-electron chi connectivity index (χ4n) is 1.14. The van der Waals surface area contributed by atoms with E-state index in [1.54, 1.807) is 0 Å². The highest BCUT2D eigenvalue weighted by Crippen LogP contribution is 2.22. The summed E-state index contributed by atoms with van der Waals surface area (Å²) in [5, 5.41) is 9.84. The van der Waals surface area contributed by atoms with Gasteiger partial charge in [0.15, 0.2) is 0 Å². The molecule has 0 radical (unpaired) electrons. The molecule has 1 atom stereocenters. The summed E-state index contributed by atoms with van der Waals surface area (Å²) in [4.78, 5) is 28.1. The average Bonchev–Trinajstić information content (AvgIpc) is 2.63. The summed E-state index contributed by atoms with van der Waals surface area (Å²) in [5.74, 6) is 0.488. The molecule has 1 aliphatic heterocycles. The molecule has 0 aliphatic carbocycles. The van der Waals surface area contributed by atoms with E-state index in [0.717, 1.165) is 9.96 Å². The normalized spacial score (nSPS) is 21.0. The summed E-state index contributed by atoms with van der Waals surface area (Å²) in [6.45, 7) is 0. The molecule has 0 saturated carbocycles. The highest BCUT2D eigenvalue weighted by Gasteiger charge is 2.36. The van der Waals surface area contributed by atoms with Crippen LogP contribution >= 0.6 is 11.8 Å². The van der Waals surface area contributed by atoms with Crippen LogP contribution in [0.3, 0.4) is 0 Å². The fraction of sp³-hybridized carbons (Fsp3) is 0.714. The summed E-state index contributed by atoms with van der Waals surface area (Å²) in [7, 11) is 2.83. The molecule has 0 spiro atoms. The Morgan fingerprint density at radius 2 is 2.29 bits per heavy atom. The van der Waals surface area contributed by atoms with Crippen LogP contribution in [0.1, 0.15) is 0 Å². The Hall–Kier alpha value is -0.950. The number of hydroxylamine groups is 2. The Balaban J connectivity index is 2.67. The summed E-state index contributed by atoms with van der Waals surface area (Å²) >= 11 is 1.42. The van der Waals surface area contributed by atoms with Crippen LogP contribution in [0.25, 0.3) is 0 Å². The Bertz CT molecular complexity index is 248. The van der Waals surface area contributed by atoms with Crippen LogP contribution in [-0.2, 0) is 9.63 Å². The van der Waals surface area contributed by atoms with E-state index in [1.807, 2.05) is 0 Å². The van der Waals surface area contributed by atoms with Gasteiger partial charge in [0.2, 0.25) is 0 Å². The van der Waals surface area contributed by atoms with Crippen molar-refractivity contribution in [1.29, 1.82) is 0 Å². The van der Waals surface area contributed by atoms with Crippen molar-refractivity contribution < 1.29 is 19.5 Å². The van der Waals surface area contributed by atoms with Gasteiger partial charge >= 0.3 is 6.09 Å². The first-order chi connectivity index (χ1) is 6.57. The van der Waals surface area contributed by atoms with Gasteiger partial charge in [0.05, 0.1) is 13.0 Å². The second kappa shape index (κ2) is 4.52. The Morgan fingerprint density at radius 1 is 1.64 bits per heavy atom. The molecule has 0 bridgehead atoms. The van der Waals surface area contributed by atoms with Gasteiger partial charge in [-0.15, -0.1) is 11.8 Å². The largest absolute Gasteiger partial charge is 0.465 e. The lowest BCUT2D eigenvalue weighted by molar-refractivity contribution is -0.172. The zero-order valence-electron chi connectivity index (χ0n) is 7.97. The first kappa shape index (κ1) is 11.1. The molecule has 1 fully saturated rings. The molecule has 1 heterocycles. The standard InChI is InChI=1S/C7H12N2O4S/c1-8(13-2)6(10)5-3-14-4-9(5)7(11)12/h5H,3-4H2,1-2H3,(H,11,12). The highest BCUT2D eigenvalue weighted by atomic mass is 32.2. The number of thioether (sulfide) groups is 1.